The zero-order valence-corrected chi connectivity index (χ0v) is 15.1. The Morgan fingerprint density at radius 2 is 2.04 bits per heavy atom. The zero-order chi connectivity index (χ0) is 18.0. The molecular weight excluding hydrogens is 344 g/mol. The van der Waals surface area contributed by atoms with E-state index in [1.165, 1.54) is 17.8 Å². The van der Waals surface area contributed by atoms with Gasteiger partial charge in [0.25, 0.3) is 5.91 Å². The highest BCUT2D eigenvalue weighted by Gasteiger charge is 2.22. The Morgan fingerprint density at radius 3 is 2.72 bits per heavy atom. The second kappa shape index (κ2) is 7.58. The van der Waals surface area contributed by atoms with Gasteiger partial charge in [0.05, 0.1) is 11.3 Å². The summed E-state index contributed by atoms with van der Waals surface area (Å²) in [4.78, 5) is 18.9. The van der Waals surface area contributed by atoms with Gasteiger partial charge < -0.3 is 0 Å². The van der Waals surface area contributed by atoms with Gasteiger partial charge in [0.15, 0.2) is 5.13 Å². The van der Waals surface area contributed by atoms with Gasteiger partial charge in [-0.2, -0.15) is 0 Å². The fourth-order valence-corrected chi connectivity index (χ4v) is 4.12. The van der Waals surface area contributed by atoms with Crippen LogP contribution in [0.5, 0.6) is 0 Å². The van der Waals surface area contributed by atoms with Crippen molar-refractivity contribution in [3.8, 4) is 0 Å². The summed E-state index contributed by atoms with van der Waals surface area (Å²) in [6, 6.07) is 2.88. The monoisotopic (exact) mass is 365 g/mol. The summed E-state index contributed by atoms with van der Waals surface area (Å²) in [5.41, 5.74) is 0.693. The average Bonchev–Trinajstić information content (AvgIpc) is 2.92. The highest BCUT2D eigenvalue weighted by Crippen LogP contribution is 2.24. The molecule has 0 bridgehead atoms. The number of carbonyl (C=O) groups is 1. The highest BCUT2D eigenvalue weighted by molar-refractivity contribution is 7.13. The maximum atomic E-state index is 13.7. The standard InChI is InChI=1S/C18H21F2N3OS/c1-11-5-12(2)8-23(7-11)9-14-10-25-18(21-14)22-17(24)15-4-3-13(19)6-16(15)20/h3-4,6,10-12H,5,7-9H2,1-2H3,(H,21,22,24). The van der Waals surface area contributed by atoms with E-state index in [0.717, 1.165) is 37.5 Å². The molecule has 25 heavy (non-hydrogen) atoms. The van der Waals surface area contributed by atoms with Gasteiger partial charge in [-0.05, 0) is 30.4 Å². The summed E-state index contributed by atoms with van der Waals surface area (Å²) >= 11 is 1.31. The van der Waals surface area contributed by atoms with E-state index in [1.54, 1.807) is 0 Å². The maximum Gasteiger partial charge on any atom is 0.260 e. The van der Waals surface area contributed by atoms with E-state index in [4.69, 9.17) is 0 Å². The van der Waals surface area contributed by atoms with Gasteiger partial charge in [0, 0.05) is 31.1 Å². The number of anilines is 1. The number of carbonyl (C=O) groups excluding carboxylic acids is 1. The molecular formula is C18H21F2N3OS. The number of nitrogens with zero attached hydrogens (tertiary/aromatic N) is 2. The lowest BCUT2D eigenvalue weighted by atomic mass is 9.92. The van der Waals surface area contributed by atoms with E-state index >= 15 is 0 Å². The lowest BCUT2D eigenvalue weighted by Gasteiger charge is -2.34. The fourth-order valence-electron chi connectivity index (χ4n) is 3.43. The molecule has 1 saturated heterocycles. The molecule has 0 spiro atoms. The summed E-state index contributed by atoms with van der Waals surface area (Å²) in [6.45, 7) is 7.35. The first-order valence-electron chi connectivity index (χ1n) is 8.34. The minimum absolute atomic E-state index is 0.197. The number of piperidine rings is 1. The molecule has 1 aliphatic heterocycles. The van der Waals surface area contributed by atoms with Crippen LogP contribution in [0.25, 0.3) is 0 Å². The third-order valence-corrected chi connectivity index (χ3v) is 5.08. The Labute approximate surface area is 149 Å². The van der Waals surface area contributed by atoms with Gasteiger partial charge in [0.1, 0.15) is 11.6 Å². The molecule has 0 radical (unpaired) electrons. The fraction of sp³-hybridized carbons (Fsp3) is 0.444. The molecule has 0 saturated carbocycles. The normalized spacial score (nSPS) is 21.3. The lowest BCUT2D eigenvalue weighted by Crippen LogP contribution is -2.38. The summed E-state index contributed by atoms with van der Waals surface area (Å²) < 4.78 is 26.6. The molecule has 2 aromatic rings. The number of nitrogens with one attached hydrogen (secondary N) is 1. The molecule has 7 heteroatoms. The van der Waals surface area contributed by atoms with Gasteiger partial charge in [0.2, 0.25) is 0 Å². The summed E-state index contributed by atoms with van der Waals surface area (Å²) in [5, 5.41) is 4.90. The van der Waals surface area contributed by atoms with Crippen molar-refractivity contribution in [2.75, 3.05) is 18.4 Å². The number of amides is 1. The SMILES string of the molecule is CC1CC(C)CN(Cc2csc(NC(=O)c3ccc(F)cc3F)n2)C1. The van der Waals surface area contributed by atoms with E-state index in [1.807, 2.05) is 5.38 Å². The first-order valence-corrected chi connectivity index (χ1v) is 9.22. The second-order valence-corrected chi connectivity index (χ2v) is 7.72. The van der Waals surface area contributed by atoms with Gasteiger partial charge in [-0.25, -0.2) is 13.8 Å². The third kappa shape index (κ3) is 4.61. The van der Waals surface area contributed by atoms with Gasteiger partial charge in [-0.1, -0.05) is 13.8 Å². The molecule has 2 unspecified atom stereocenters. The molecule has 4 nitrogen and oxygen atoms in total. The Hall–Kier alpha value is -1.86. The van der Waals surface area contributed by atoms with Crippen LogP contribution < -0.4 is 5.32 Å². The van der Waals surface area contributed by atoms with Crippen molar-refractivity contribution in [2.45, 2.75) is 26.8 Å². The predicted octanol–water partition coefficient (Wildman–Crippen LogP) is 4.15. The molecule has 1 aromatic carbocycles. The Kier molecular flexibility index (Phi) is 5.44. The van der Waals surface area contributed by atoms with E-state index in [-0.39, 0.29) is 5.56 Å². The van der Waals surface area contributed by atoms with Crippen LogP contribution in [0.15, 0.2) is 23.6 Å². The van der Waals surface area contributed by atoms with Gasteiger partial charge in [-0.15, -0.1) is 11.3 Å². The quantitative estimate of drug-likeness (QED) is 0.885. The molecule has 1 aliphatic rings. The number of benzene rings is 1. The molecule has 1 fully saturated rings. The topological polar surface area (TPSA) is 45.2 Å². The van der Waals surface area contributed by atoms with Crippen molar-refractivity contribution in [1.29, 1.82) is 0 Å². The lowest BCUT2D eigenvalue weighted by molar-refractivity contribution is 0.102. The third-order valence-electron chi connectivity index (χ3n) is 4.28. The molecule has 1 N–H and O–H groups in total. The Balaban J connectivity index is 1.62. The predicted molar refractivity (Wildman–Crippen MR) is 94.6 cm³/mol. The molecule has 2 heterocycles. The number of thiazole rings is 1. The number of aromatic nitrogens is 1. The van der Waals surface area contributed by atoms with Crippen molar-refractivity contribution < 1.29 is 13.6 Å². The van der Waals surface area contributed by atoms with E-state index in [9.17, 15) is 13.6 Å². The van der Waals surface area contributed by atoms with Crippen molar-refractivity contribution in [2.24, 2.45) is 11.8 Å². The number of likely N-dealkylation sites (tertiary alicyclic amines) is 1. The number of rotatable bonds is 4. The minimum Gasteiger partial charge on any atom is -0.298 e. The smallest absolute Gasteiger partial charge is 0.260 e. The molecule has 134 valence electrons. The zero-order valence-electron chi connectivity index (χ0n) is 14.3. The highest BCUT2D eigenvalue weighted by atomic mass is 32.1. The maximum absolute atomic E-state index is 13.7. The second-order valence-electron chi connectivity index (χ2n) is 6.86. The molecule has 0 aliphatic carbocycles. The van der Waals surface area contributed by atoms with Crippen LogP contribution in [0.1, 0.15) is 36.3 Å². The van der Waals surface area contributed by atoms with Crippen LogP contribution in [0.2, 0.25) is 0 Å². The Bertz CT molecular complexity index is 755. The van der Waals surface area contributed by atoms with Crippen molar-refractivity contribution in [3.63, 3.8) is 0 Å². The minimum atomic E-state index is -0.884. The van der Waals surface area contributed by atoms with Gasteiger partial charge in [-0.3, -0.25) is 15.0 Å². The van der Waals surface area contributed by atoms with Crippen LogP contribution in [0.3, 0.4) is 0 Å². The summed E-state index contributed by atoms with van der Waals surface area (Å²) in [5.74, 6) is -0.884. The summed E-state index contributed by atoms with van der Waals surface area (Å²) in [7, 11) is 0. The van der Waals surface area contributed by atoms with E-state index in [2.05, 4.69) is 29.0 Å². The van der Waals surface area contributed by atoms with Crippen molar-refractivity contribution in [1.82, 2.24) is 9.88 Å². The first-order chi connectivity index (χ1) is 11.9. The Morgan fingerprint density at radius 1 is 1.32 bits per heavy atom. The number of hydrogen-bond donors (Lipinski definition) is 1. The first kappa shape index (κ1) is 17.9. The van der Waals surface area contributed by atoms with Crippen LogP contribution in [0.4, 0.5) is 13.9 Å². The molecule has 1 amide bonds. The molecule has 1 aromatic heterocycles. The van der Waals surface area contributed by atoms with Crippen molar-refractivity contribution in [3.05, 3.63) is 46.5 Å². The number of halogens is 2. The molecule has 3 rings (SSSR count). The van der Waals surface area contributed by atoms with E-state index < -0.39 is 17.5 Å². The van der Waals surface area contributed by atoms with Crippen LogP contribution >= 0.6 is 11.3 Å². The number of hydrogen-bond acceptors (Lipinski definition) is 4. The molecule has 2 atom stereocenters. The van der Waals surface area contributed by atoms with Crippen molar-refractivity contribution >= 4 is 22.4 Å². The summed E-state index contributed by atoms with van der Waals surface area (Å²) in [6.07, 6.45) is 1.25. The van der Waals surface area contributed by atoms with Crippen LogP contribution in [0, 0.1) is 23.5 Å². The van der Waals surface area contributed by atoms with Gasteiger partial charge >= 0.3 is 0 Å². The van der Waals surface area contributed by atoms with Crippen LogP contribution in [-0.4, -0.2) is 28.9 Å². The largest absolute Gasteiger partial charge is 0.298 e. The van der Waals surface area contributed by atoms with Crippen LogP contribution in [-0.2, 0) is 6.54 Å². The van der Waals surface area contributed by atoms with E-state index in [0.29, 0.717) is 23.0 Å². The average molecular weight is 365 g/mol.